The Bertz CT molecular complexity index is 1530. The van der Waals surface area contributed by atoms with Gasteiger partial charge in [0.2, 0.25) is 5.91 Å². The van der Waals surface area contributed by atoms with E-state index in [0.717, 1.165) is 41.7 Å². The second kappa shape index (κ2) is 11.9. The van der Waals surface area contributed by atoms with E-state index in [1.54, 1.807) is 12.1 Å². The van der Waals surface area contributed by atoms with Crippen LogP contribution in [0.3, 0.4) is 0 Å². The number of fused-ring (bicyclic) bond motifs is 1. The van der Waals surface area contributed by atoms with Crippen molar-refractivity contribution >= 4 is 28.4 Å². The Morgan fingerprint density at radius 2 is 1.51 bits per heavy atom. The molecular formula is C34H39FN4O2. The molecule has 0 unspecified atom stereocenters. The lowest BCUT2D eigenvalue weighted by Gasteiger charge is -2.34. The summed E-state index contributed by atoms with van der Waals surface area (Å²) in [6, 6.07) is 22.3. The van der Waals surface area contributed by atoms with Gasteiger partial charge < -0.3 is 19.7 Å². The van der Waals surface area contributed by atoms with Gasteiger partial charge in [-0.25, -0.2) is 4.39 Å². The van der Waals surface area contributed by atoms with Gasteiger partial charge in [-0.05, 0) is 65.0 Å². The number of amides is 2. The van der Waals surface area contributed by atoms with Crippen molar-refractivity contribution in [2.24, 2.45) is 0 Å². The highest BCUT2D eigenvalue weighted by atomic mass is 19.1. The average Bonchev–Trinajstić information content (AvgIpc) is 3.31. The van der Waals surface area contributed by atoms with Gasteiger partial charge in [-0.3, -0.25) is 9.59 Å². The Morgan fingerprint density at radius 1 is 0.854 bits per heavy atom. The largest absolute Gasteiger partial charge is 0.335 e. The molecule has 1 saturated heterocycles. The molecule has 4 aromatic rings. The van der Waals surface area contributed by atoms with Crippen LogP contribution in [0.25, 0.3) is 10.9 Å². The van der Waals surface area contributed by atoms with Crippen LogP contribution in [0.2, 0.25) is 0 Å². The number of likely N-dealkylation sites (N-methyl/N-ethyl adjacent to an activating group) is 1. The van der Waals surface area contributed by atoms with Gasteiger partial charge in [0, 0.05) is 49.3 Å². The topological polar surface area (TPSA) is 57.6 Å². The monoisotopic (exact) mass is 554 g/mol. The molecule has 41 heavy (non-hydrogen) atoms. The zero-order valence-corrected chi connectivity index (χ0v) is 24.4. The third kappa shape index (κ3) is 6.68. The molecule has 7 heteroatoms. The van der Waals surface area contributed by atoms with E-state index in [2.05, 4.69) is 66.7 Å². The average molecular weight is 555 g/mol. The van der Waals surface area contributed by atoms with E-state index < -0.39 is 0 Å². The number of nitrogens with zero attached hydrogens (tertiary/aromatic N) is 3. The molecule has 3 aromatic carbocycles. The predicted molar refractivity (Wildman–Crippen MR) is 163 cm³/mol. The second-order valence-electron chi connectivity index (χ2n) is 11.9. The highest BCUT2D eigenvalue weighted by molar-refractivity contribution is 6.01. The molecule has 6 nitrogen and oxygen atoms in total. The molecule has 1 N–H and O–H groups in total. The first kappa shape index (κ1) is 28.6. The van der Waals surface area contributed by atoms with Crippen LogP contribution in [0, 0.1) is 5.82 Å². The minimum atomic E-state index is -0.327. The fourth-order valence-electron chi connectivity index (χ4n) is 5.41. The lowest BCUT2D eigenvalue weighted by Crippen LogP contribution is -2.48. The maximum Gasteiger partial charge on any atom is 0.270 e. The number of nitrogens with one attached hydrogen (secondary N) is 1. The standard InChI is InChI=1S/C34H39FN4O2/c1-5-37-16-18-38(19-17-37)33(41)31-22-26-21-29(36-32(40)20-24-8-12-28(35)13-9-24)14-15-30(26)39(31)23-25-6-10-27(11-7-25)34(2,3)4/h6-15,21-22H,5,16-20,23H2,1-4H3,(H,36,40). The number of benzene rings is 3. The highest BCUT2D eigenvalue weighted by Gasteiger charge is 2.25. The molecule has 2 amide bonds. The van der Waals surface area contributed by atoms with Crippen LogP contribution >= 0.6 is 0 Å². The van der Waals surface area contributed by atoms with E-state index >= 15 is 0 Å². The molecule has 0 bridgehead atoms. The van der Waals surface area contributed by atoms with E-state index in [9.17, 15) is 14.0 Å². The summed E-state index contributed by atoms with van der Waals surface area (Å²) in [4.78, 5) is 30.9. The van der Waals surface area contributed by atoms with Gasteiger partial charge >= 0.3 is 0 Å². The molecule has 1 aromatic heterocycles. The molecule has 2 heterocycles. The van der Waals surface area contributed by atoms with Crippen LogP contribution in [-0.2, 0) is 23.2 Å². The quantitative estimate of drug-likeness (QED) is 0.301. The van der Waals surface area contributed by atoms with E-state index in [1.165, 1.54) is 17.7 Å². The van der Waals surface area contributed by atoms with Gasteiger partial charge in [-0.2, -0.15) is 0 Å². The Balaban J connectivity index is 1.43. The SMILES string of the molecule is CCN1CCN(C(=O)c2cc3cc(NC(=O)Cc4ccc(F)cc4)ccc3n2Cc2ccc(C(C)(C)C)cc2)CC1. The minimum absolute atomic E-state index is 0.0326. The molecule has 5 rings (SSSR count). The van der Waals surface area contributed by atoms with E-state index in [-0.39, 0.29) is 29.5 Å². The Morgan fingerprint density at radius 3 is 2.15 bits per heavy atom. The van der Waals surface area contributed by atoms with E-state index in [4.69, 9.17) is 0 Å². The number of rotatable bonds is 7. The van der Waals surface area contributed by atoms with Crippen molar-refractivity contribution in [3.05, 3.63) is 101 Å². The molecule has 0 saturated carbocycles. The predicted octanol–water partition coefficient (Wildman–Crippen LogP) is 6.09. The first-order valence-electron chi connectivity index (χ1n) is 14.4. The van der Waals surface area contributed by atoms with Crippen LogP contribution < -0.4 is 5.32 Å². The summed E-state index contributed by atoms with van der Waals surface area (Å²) in [5, 5.41) is 3.85. The number of halogens is 1. The number of hydrogen-bond donors (Lipinski definition) is 1. The number of aromatic nitrogens is 1. The zero-order valence-electron chi connectivity index (χ0n) is 24.4. The molecule has 0 atom stereocenters. The van der Waals surface area contributed by atoms with Crippen molar-refractivity contribution in [3.8, 4) is 0 Å². The van der Waals surface area contributed by atoms with Crippen LogP contribution in [0.1, 0.15) is 54.9 Å². The van der Waals surface area contributed by atoms with Crippen LogP contribution in [0.5, 0.6) is 0 Å². The number of hydrogen-bond acceptors (Lipinski definition) is 3. The molecule has 1 aliphatic rings. The summed E-state index contributed by atoms with van der Waals surface area (Å²) < 4.78 is 15.3. The van der Waals surface area contributed by atoms with Gasteiger partial charge in [-0.15, -0.1) is 0 Å². The third-order valence-electron chi connectivity index (χ3n) is 7.95. The van der Waals surface area contributed by atoms with Crippen molar-refractivity contribution in [2.45, 2.75) is 46.1 Å². The van der Waals surface area contributed by atoms with Crippen molar-refractivity contribution in [3.63, 3.8) is 0 Å². The second-order valence-corrected chi connectivity index (χ2v) is 11.9. The lowest BCUT2D eigenvalue weighted by atomic mass is 9.87. The fourth-order valence-corrected chi connectivity index (χ4v) is 5.41. The molecule has 1 fully saturated rings. The Kier molecular flexibility index (Phi) is 8.27. The zero-order chi connectivity index (χ0) is 29.1. The summed E-state index contributed by atoms with van der Waals surface area (Å²) in [6.07, 6.45) is 0.150. The number of carbonyl (C=O) groups excluding carboxylic acids is 2. The van der Waals surface area contributed by atoms with Gasteiger partial charge in [-0.1, -0.05) is 64.1 Å². The van der Waals surface area contributed by atoms with E-state index in [1.807, 2.05) is 29.2 Å². The molecule has 214 valence electrons. The normalized spacial score (nSPS) is 14.4. The first-order chi connectivity index (χ1) is 19.6. The Labute approximate surface area is 241 Å². The molecule has 0 radical (unpaired) electrons. The number of carbonyl (C=O) groups is 2. The first-order valence-corrected chi connectivity index (χ1v) is 14.4. The summed E-state index contributed by atoms with van der Waals surface area (Å²) in [5.74, 6) is -0.476. The fraction of sp³-hybridized carbons (Fsp3) is 0.353. The summed E-state index contributed by atoms with van der Waals surface area (Å²) in [7, 11) is 0. The maximum atomic E-state index is 13.8. The van der Waals surface area contributed by atoms with Crippen molar-refractivity contribution in [2.75, 3.05) is 38.0 Å². The molecule has 1 aliphatic heterocycles. The summed E-state index contributed by atoms with van der Waals surface area (Å²) >= 11 is 0. The van der Waals surface area contributed by atoms with Gasteiger partial charge in [0.05, 0.1) is 6.42 Å². The van der Waals surface area contributed by atoms with Crippen molar-refractivity contribution in [1.29, 1.82) is 0 Å². The smallest absolute Gasteiger partial charge is 0.270 e. The highest BCUT2D eigenvalue weighted by Crippen LogP contribution is 2.28. The van der Waals surface area contributed by atoms with Crippen LogP contribution in [0.4, 0.5) is 10.1 Å². The number of anilines is 1. The molecule has 0 aliphatic carbocycles. The summed E-state index contributed by atoms with van der Waals surface area (Å²) in [6.45, 7) is 13.5. The summed E-state index contributed by atoms with van der Waals surface area (Å²) in [5.41, 5.74) is 5.45. The molecular weight excluding hydrogens is 515 g/mol. The van der Waals surface area contributed by atoms with Gasteiger partial charge in [0.1, 0.15) is 11.5 Å². The van der Waals surface area contributed by atoms with Crippen LogP contribution in [0.15, 0.2) is 72.8 Å². The maximum absolute atomic E-state index is 13.8. The van der Waals surface area contributed by atoms with Crippen molar-refractivity contribution < 1.29 is 14.0 Å². The minimum Gasteiger partial charge on any atom is -0.335 e. The van der Waals surface area contributed by atoms with Crippen LogP contribution in [-0.4, -0.2) is 58.9 Å². The third-order valence-corrected chi connectivity index (χ3v) is 7.95. The van der Waals surface area contributed by atoms with Crippen molar-refractivity contribution in [1.82, 2.24) is 14.4 Å². The van der Waals surface area contributed by atoms with Gasteiger partial charge in [0.25, 0.3) is 5.91 Å². The Hall–Kier alpha value is -3.97. The van der Waals surface area contributed by atoms with Gasteiger partial charge in [0.15, 0.2) is 0 Å². The number of piperazine rings is 1. The lowest BCUT2D eigenvalue weighted by molar-refractivity contribution is -0.115. The molecule has 0 spiro atoms. The van der Waals surface area contributed by atoms with E-state index in [0.29, 0.717) is 31.0 Å².